The number of Topliss-reactive ketones (excluding diaryl/α,β-unsaturated/α-hetero) is 1. The number of halogens is 3. The van der Waals surface area contributed by atoms with Gasteiger partial charge in [0.05, 0.1) is 12.5 Å². The summed E-state index contributed by atoms with van der Waals surface area (Å²) in [6.07, 6.45) is -3.05. The maximum atomic E-state index is 12.6. The highest BCUT2D eigenvalue weighted by atomic mass is 32.2. The van der Waals surface area contributed by atoms with Crippen molar-refractivity contribution in [2.45, 2.75) is 32.4 Å². The van der Waals surface area contributed by atoms with E-state index < -0.39 is 12.1 Å². The van der Waals surface area contributed by atoms with Gasteiger partial charge < -0.3 is 4.74 Å². The van der Waals surface area contributed by atoms with Gasteiger partial charge in [0, 0.05) is 12.2 Å². The lowest BCUT2D eigenvalue weighted by Gasteiger charge is -2.25. The van der Waals surface area contributed by atoms with Crippen LogP contribution in [0.25, 0.3) is 0 Å². The summed E-state index contributed by atoms with van der Waals surface area (Å²) in [6, 6.07) is 0. The summed E-state index contributed by atoms with van der Waals surface area (Å²) in [5.74, 6) is -1.23. The molecule has 2 nitrogen and oxygen atoms in total. The van der Waals surface area contributed by atoms with E-state index in [0.29, 0.717) is 16.7 Å². The van der Waals surface area contributed by atoms with Crippen LogP contribution < -0.4 is 0 Å². The third-order valence-electron chi connectivity index (χ3n) is 2.80. The summed E-state index contributed by atoms with van der Waals surface area (Å²) >= 11 is 6.08. The number of allylic oxidation sites excluding steroid dienone is 1. The van der Waals surface area contributed by atoms with Crippen molar-refractivity contribution in [2.24, 2.45) is 5.92 Å². The van der Waals surface area contributed by atoms with Crippen molar-refractivity contribution in [1.29, 1.82) is 0 Å². The SMILES string of the molecule is CCOC(=S)SCC=C1CC(C(F)(F)F)CCC1=O. The second-order valence-electron chi connectivity index (χ2n) is 4.13. The smallest absolute Gasteiger partial charge is 0.392 e. The van der Waals surface area contributed by atoms with E-state index in [1.165, 1.54) is 17.8 Å². The van der Waals surface area contributed by atoms with E-state index in [1.54, 1.807) is 6.92 Å². The van der Waals surface area contributed by atoms with Crippen LogP contribution >= 0.6 is 24.0 Å². The fraction of sp³-hybridized carbons (Fsp3) is 0.667. The standard InChI is InChI=1S/C12H15F3O2S2/c1-2-17-11(18)19-6-5-8-7-9(12(13,14)15)3-4-10(8)16/h5,9H,2-4,6-7H2,1H3. The zero-order valence-electron chi connectivity index (χ0n) is 10.5. The van der Waals surface area contributed by atoms with Crippen molar-refractivity contribution in [3.8, 4) is 0 Å². The Morgan fingerprint density at radius 2 is 2.26 bits per heavy atom. The molecular formula is C12H15F3O2S2. The quantitative estimate of drug-likeness (QED) is 0.583. The maximum absolute atomic E-state index is 12.6. The number of thiocarbonyl (C=S) groups is 1. The molecule has 0 aromatic carbocycles. The molecule has 1 rings (SSSR count). The van der Waals surface area contributed by atoms with Gasteiger partial charge in [0.15, 0.2) is 5.78 Å². The van der Waals surface area contributed by atoms with Gasteiger partial charge in [0.1, 0.15) is 0 Å². The van der Waals surface area contributed by atoms with Crippen LogP contribution in [0, 0.1) is 5.92 Å². The van der Waals surface area contributed by atoms with Crippen molar-refractivity contribution in [3.05, 3.63) is 11.6 Å². The van der Waals surface area contributed by atoms with Gasteiger partial charge in [-0.25, -0.2) is 0 Å². The largest absolute Gasteiger partial charge is 0.479 e. The van der Waals surface area contributed by atoms with Crippen LogP contribution in [0.2, 0.25) is 0 Å². The molecule has 108 valence electrons. The molecule has 0 radical (unpaired) electrons. The highest BCUT2D eigenvalue weighted by molar-refractivity contribution is 8.22. The van der Waals surface area contributed by atoms with Crippen molar-refractivity contribution in [1.82, 2.24) is 0 Å². The number of thioether (sulfide) groups is 1. The Balaban J connectivity index is 2.54. The molecule has 0 aromatic rings. The first kappa shape index (κ1) is 16.5. The zero-order valence-corrected chi connectivity index (χ0v) is 12.1. The number of hydrogen-bond donors (Lipinski definition) is 0. The molecule has 1 saturated carbocycles. The molecule has 1 atom stereocenters. The van der Waals surface area contributed by atoms with Gasteiger partial charge in [-0.3, -0.25) is 4.79 Å². The lowest BCUT2D eigenvalue weighted by Crippen LogP contribution is -2.29. The van der Waals surface area contributed by atoms with Crippen LogP contribution in [0.4, 0.5) is 13.2 Å². The molecule has 1 unspecified atom stereocenters. The summed E-state index contributed by atoms with van der Waals surface area (Å²) in [5, 5.41) is 0. The van der Waals surface area contributed by atoms with Gasteiger partial charge in [0.2, 0.25) is 4.38 Å². The Kier molecular flexibility index (Phi) is 6.32. The molecule has 7 heteroatoms. The van der Waals surface area contributed by atoms with Gasteiger partial charge in [-0.15, -0.1) is 0 Å². The van der Waals surface area contributed by atoms with E-state index in [4.69, 9.17) is 17.0 Å². The van der Waals surface area contributed by atoms with Crippen molar-refractivity contribution >= 4 is 34.1 Å². The second kappa shape index (κ2) is 7.28. The summed E-state index contributed by atoms with van der Waals surface area (Å²) < 4.78 is 43.2. The maximum Gasteiger partial charge on any atom is 0.392 e. The Hall–Kier alpha value is -0.560. The molecule has 1 aliphatic carbocycles. The van der Waals surface area contributed by atoms with Crippen LogP contribution in [0.1, 0.15) is 26.2 Å². The third-order valence-corrected chi connectivity index (χ3v) is 3.96. The molecule has 0 aliphatic heterocycles. The molecule has 0 aromatic heterocycles. The van der Waals surface area contributed by atoms with Gasteiger partial charge in [-0.05, 0) is 37.6 Å². The summed E-state index contributed by atoms with van der Waals surface area (Å²) in [5.41, 5.74) is 0.264. The van der Waals surface area contributed by atoms with E-state index in [9.17, 15) is 18.0 Å². The summed E-state index contributed by atoms with van der Waals surface area (Å²) in [6.45, 7) is 2.25. The number of carbonyl (C=O) groups is 1. The lowest BCUT2D eigenvalue weighted by molar-refractivity contribution is -0.178. The zero-order chi connectivity index (χ0) is 14.5. The lowest BCUT2D eigenvalue weighted by atomic mass is 9.84. The molecule has 0 N–H and O–H groups in total. The fourth-order valence-corrected chi connectivity index (χ4v) is 2.74. The van der Waals surface area contributed by atoms with Crippen LogP contribution in [0.3, 0.4) is 0 Å². The minimum atomic E-state index is -4.23. The van der Waals surface area contributed by atoms with E-state index in [1.807, 2.05) is 0 Å². The van der Waals surface area contributed by atoms with Crippen LogP contribution in [0.15, 0.2) is 11.6 Å². The van der Waals surface area contributed by atoms with Gasteiger partial charge >= 0.3 is 6.18 Å². The molecular weight excluding hydrogens is 297 g/mol. The van der Waals surface area contributed by atoms with E-state index in [-0.39, 0.29) is 30.6 Å². The normalized spacial score (nSPS) is 22.6. The first-order valence-corrected chi connectivity index (χ1v) is 7.32. The van der Waals surface area contributed by atoms with Crippen molar-refractivity contribution in [2.75, 3.05) is 12.4 Å². The Bertz CT molecular complexity index is 378. The number of ketones is 1. The number of rotatable bonds is 3. The number of ether oxygens (including phenoxy) is 1. The number of hydrogen-bond acceptors (Lipinski definition) is 4. The first-order valence-electron chi connectivity index (χ1n) is 5.93. The highest BCUT2D eigenvalue weighted by Gasteiger charge is 2.42. The predicted molar refractivity (Wildman–Crippen MR) is 73.2 cm³/mol. The molecule has 0 heterocycles. The number of alkyl halides is 3. The third kappa shape index (κ3) is 5.52. The molecule has 0 amide bonds. The Labute approximate surface area is 119 Å². The second-order valence-corrected chi connectivity index (χ2v) is 5.75. The predicted octanol–water partition coefficient (Wildman–Crippen LogP) is 3.90. The monoisotopic (exact) mass is 312 g/mol. The van der Waals surface area contributed by atoms with Crippen LogP contribution in [-0.2, 0) is 9.53 Å². The fourth-order valence-electron chi connectivity index (χ4n) is 1.79. The van der Waals surface area contributed by atoms with Gasteiger partial charge in [-0.2, -0.15) is 13.2 Å². The molecule has 0 bridgehead atoms. The highest BCUT2D eigenvalue weighted by Crippen LogP contribution is 2.38. The molecule has 1 fully saturated rings. The summed E-state index contributed by atoms with van der Waals surface area (Å²) in [7, 11) is 0. The van der Waals surface area contributed by atoms with Gasteiger partial charge in [0.25, 0.3) is 0 Å². The van der Waals surface area contributed by atoms with E-state index in [2.05, 4.69) is 0 Å². The number of carbonyl (C=O) groups excluding carboxylic acids is 1. The van der Waals surface area contributed by atoms with E-state index in [0.717, 1.165) is 0 Å². The average Bonchev–Trinajstić information content (AvgIpc) is 2.30. The Morgan fingerprint density at radius 1 is 1.58 bits per heavy atom. The first-order chi connectivity index (χ1) is 8.84. The minimum absolute atomic E-state index is 0.0312. The van der Waals surface area contributed by atoms with Crippen LogP contribution in [-0.4, -0.2) is 28.7 Å². The molecule has 0 saturated heterocycles. The summed E-state index contributed by atoms with van der Waals surface area (Å²) in [4.78, 5) is 11.6. The van der Waals surface area contributed by atoms with Gasteiger partial charge in [-0.1, -0.05) is 17.8 Å². The molecule has 19 heavy (non-hydrogen) atoms. The molecule has 0 spiro atoms. The minimum Gasteiger partial charge on any atom is -0.479 e. The average molecular weight is 312 g/mol. The van der Waals surface area contributed by atoms with Crippen molar-refractivity contribution in [3.63, 3.8) is 0 Å². The van der Waals surface area contributed by atoms with Crippen LogP contribution in [0.5, 0.6) is 0 Å². The van der Waals surface area contributed by atoms with E-state index >= 15 is 0 Å². The topological polar surface area (TPSA) is 26.3 Å². The molecule has 1 aliphatic rings. The Morgan fingerprint density at radius 3 is 2.84 bits per heavy atom. The van der Waals surface area contributed by atoms with Crippen molar-refractivity contribution < 1.29 is 22.7 Å².